The summed E-state index contributed by atoms with van der Waals surface area (Å²) in [5.74, 6) is -4.89. The molecular formula is C31H28Cl3FN6O8. The van der Waals surface area contributed by atoms with Crippen molar-refractivity contribution in [3.63, 3.8) is 0 Å². The Morgan fingerprint density at radius 1 is 1.06 bits per heavy atom. The molecule has 5 rings (SSSR count). The van der Waals surface area contributed by atoms with Crippen molar-refractivity contribution in [3.8, 4) is 5.88 Å². The summed E-state index contributed by atoms with van der Waals surface area (Å²) in [6.07, 6.45) is 3.10. The second kappa shape index (κ2) is 15.9. The number of carbonyl (C=O) groups is 4. The number of benzene rings is 1. The summed E-state index contributed by atoms with van der Waals surface area (Å²) in [6.45, 7) is 6.71. The molecule has 1 atom stereocenters. The van der Waals surface area contributed by atoms with Crippen LogP contribution in [0.2, 0.25) is 15.1 Å². The van der Waals surface area contributed by atoms with Crippen LogP contribution in [0.4, 0.5) is 10.1 Å². The van der Waals surface area contributed by atoms with Gasteiger partial charge in [-0.1, -0.05) is 54.7 Å². The van der Waals surface area contributed by atoms with E-state index in [-0.39, 0.29) is 50.2 Å². The van der Waals surface area contributed by atoms with Crippen LogP contribution in [0, 0.1) is 18.8 Å². The van der Waals surface area contributed by atoms with E-state index in [1.807, 2.05) is 26.8 Å². The first kappa shape index (κ1) is 38.3. The van der Waals surface area contributed by atoms with Crippen LogP contribution < -0.4 is 15.8 Å². The highest BCUT2D eigenvalue weighted by Gasteiger charge is 2.43. The van der Waals surface area contributed by atoms with E-state index in [1.165, 1.54) is 18.3 Å². The number of carbonyl (C=O) groups excluding carboxylic acids is 1. The molecule has 1 aliphatic rings. The number of amidine groups is 1. The number of anilines is 1. The van der Waals surface area contributed by atoms with Gasteiger partial charge in [0.05, 0.1) is 21.8 Å². The molecule has 14 nitrogen and oxygen atoms in total. The molecule has 0 bridgehead atoms. The lowest BCUT2D eigenvalue weighted by atomic mass is 9.89. The smallest absolute Gasteiger partial charge is 0.341 e. The van der Waals surface area contributed by atoms with Gasteiger partial charge in [-0.25, -0.2) is 19.4 Å². The van der Waals surface area contributed by atoms with Gasteiger partial charge in [0.25, 0.3) is 5.91 Å². The first-order valence-corrected chi connectivity index (χ1v) is 15.0. The monoisotopic (exact) mass is 736 g/mol. The number of aromatic nitrogens is 3. The minimum absolute atomic E-state index is 0.00184. The van der Waals surface area contributed by atoms with E-state index in [1.54, 1.807) is 25.3 Å². The van der Waals surface area contributed by atoms with Crippen molar-refractivity contribution < 1.29 is 43.6 Å². The molecule has 3 aromatic heterocycles. The number of nitrogens with zero attached hydrogens (tertiary/aromatic N) is 4. The summed E-state index contributed by atoms with van der Waals surface area (Å²) in [5, 5.41) is 29.4. The number of pyridine rings is 3. The highest BCUT2D eigenvalue weighted by Crippen LogP contribution is 2.35. The lowest BCUT2D eigenvalue weighted by molar-refractivity contribution is -0.139. The van der Waals surface area contributed by atoms with Crippen molar-refractivity contribution in [2.75, 3.05) is 12.3 Å². The second-order valence-electron chi connectivity index (χ2n) is 10.7. The van der Waals surface area contributed by atoms with Gasteiger partial charge in [-0.05, 0) is 49.6 Å². The number of rotatable bonds is 7. The number of aromatic carboxylic acids is 2. The van der Waals surface area contributed by atoms with Crippen molar-refractivity contribution >= 4 is 81.0 Å². The zero-order valence-corrected chi connectivity index (χ0v) is 28.4. The molecule has 49 heavy (non-hydrogen) atoms. The predicted molar refractivity (Wildman–Crippen MR) is 179 cm³/mol. The molecule has 0 aliphatic carbocycles. The first-order chi connectivity index (χ1) is 22.9. The number of carboxylic acid groups (broad SMARTS) is 3. The van der Waals surface area contributed by atoms with E-state index >= 15 is 0 Å². The molecule has 0 saturated heterocycles. The number of amides is 1. The first-order valence-electron chi connectivity index (χ1n) is 13.9. The number of aliphatic imine (C=N–C) groups is 1. The topological polar surface area (TPSA) is 227 Å². The molecule has 0 fully saturated rings. The van der Waals surface area contributed by atoms with E-state index in [0.29, 0.717) is 5.52 Å². The number of nitrogens with one attached hydrogen (secondary N) is 1. The van der Waals surface area contributed by atoms with Gasteiger partial charge in [-0.2, -0.15) is 9.37 Å². The Morgan fingerprint density at radius 3 is 2.31 bits per heavy atom. The van der Waals surface area contributed by atoms with Crippen LogP contribution in [0.3, 0.4) is 0 Å². The summed E-state index contributed by atoms with van der Waals surface area (Å²) >= 11 is 16.8. The molecule has 6 N–H and O–H groups in total. The largest absolute Gasteiger partial charge is 0.479 e. The lowest BCUT2D eigenvalue weighted by Gasteiger charge is -2.21. The predicted octanol–water partition coefficient (Wildman–Crippen LogP) is 5.54. The summed E-state index contributed by atoms with van der Waals surface area (Å²) < 4.78 is 17.5. The normalized spacial score (nSPS) is 15.0. The van der Waals surface area contributed by atoms with Crippen molar-refractivity contribution in [1.29, 1.82) is 0 Å². The molecule has 1 unspecified atom stereocenters. The summed E-state index contributed by atoms with van der Waals surface area (Å²) in [4.78, 5) is 60.0. The Kier molecular flexibility index (Phi) is 12.4. The number of aryl methyl sites for hydroxylation is 1. The van der Waals surface area contributed by atoms with Crippen LogP contribution in [-0.4, -0.2) is 72.1 Å². The third kappa shape index (κ3) is 8.87. The Hall–Kier alpha value is -5.12. The number of fused-ring (bicyclic) bond motifs is 1. The van der Waals surface area contributed by atoms with Crippen LogP contribution in [0.1, 0.15) is 52.7 Å². The van der Waals surface area contributed by atoms with Gasteiger partial charge in [0, 0.05) is 17.8 Å². The molecule has 18 heteroatoms. The maximum Gasteiger partial charge on any atom is 0.341 e. The number of aliphatic carboxylic acids is 1. The second-order valence-corrected chi connectivity index (χ2v) is 11.8. The Labute approximate surface area is 292 Å². The SMILES string of the molecule is CC(C)C1(C)N=C(c2ncccc2C(=O)O)NC1=O.Cc1cnc2c(C(=O)O)c(Cl)ccc2c1.Nc1c(Cl)c(F)nc(OCC(=O)O)c1Cl. The van der Waals surface area contributed by atoms with Crippen molar-refractivity contribution in [3.05, 3.63) is 86.1 Å². The van der Waals surface area contributed by atoms with Crippen LogP contribution in [-0.2, 0) is 9.59 Å². The van der Waals surface area contributed by atoms with Crippen molar-refractivity contribution in [2.24, 2.45) is 10.9 Å². The number of carboxylic acids is 3. The number of nitrogen functional groups attached to an aromatic ring is 1. The average molecular weight is 738 g/mol. The molecule has 1 aliphatic heterocycles. The van der Waals surface area contributed by atoms with Crippen LogP contribution >= 0.6 is 34.8 Å². The number of nitrogens with two attached hydrogens (primary N) is 1. The summed E-state index contributed by atoms with van der Waals surface area (Å²) in [7, 11) is 0. The Bertz CT molecular complexity index is 1990. The molecule has 0 saturated carbocycles. The average Bonchev–Trinajstić information content (AvgIpc) is 3.36. The van der Waals surface area contributed by atoms with Crippen LogP contribution in [0.25, 0.3) is 10.9 Å². The zero-order valence-electron chi connectivity index (χ0n) is 26.1. The number of hydrogen-bond acceptors (Lipinski definition) is 10. The van der Waals surface area contributed by atoms with Crippen molar-refractivity contribution in [1.82, 2.24) is 20.3 Å². The maximum atomic E-state index is 12.9. The standard InChI is InChI=1S/C13H15N3O3.C11H8ClNO2.C7H5Cl2FN2O3/c1-7(2)13(3)12(19)15-10(16-13)9-8(11(17)18)5-4-6-14-9;1-6-4-7-2-3-8(12)9(11(14)15)10(7)13-5-6;8-3-5(11)4(9)7(12-6(3)10)15-1-2(13)14/h4-7H,1-3H3,(H,17,18)(H,15,16,19);2-5H,1H3,(H,14,15);1H2,(H2,11,12)(H,13,14). The summed E-state index contributed by atoms with van der Waals surface area (Å²) in [6, 6.07) is 8.19. The quantitative estimate of drug-likeness (QED) is 0.147. The molecule has 4 aromatic rings. The number of halogens is 4. The molecule has 258 valence electrons. The number of hydrogen-bond donors (Lipinski definition) is 5. The van der Waals surface area contributed by atoms with Gasteiger partial charge in [0.2, 0.25) is 11.8 Å². The number of ether oxygens (including phenoxy) is 1. The van der Waals surface area contributed by atoms with Gasteiger partial charge >= 0.3 is 17.9 Å². The molecule has 0 radical (unpaired) electrons. The lowest BCUT2D eigenvalue weighted by Crippen LogP contribution is -2.41. The van der Waals surface area contributed by atoms with E-state index in [9.17, 15) is 23.6 Å². The van der Waals surface area contributed by atoms with Crippen LogP contribution in [0.15, 0.2) is 47.7 Å². The third-order valence-electron chi connectivity index (χ3n) is 6.95. The Balaban J connectivity index is 0.000000201. The molecule has 4 heterocycles. The zero-order chi connectivity index (χ0) is 36.8. The van der Waals surface area contributed by atoms with Crippen LogP contribution in [0.5, 0.6) is 5.88 Å². The molecule has 1 aromatic carbocycles. The Morgan fingerprint density at radius 2 is 1.73 bits per heavy atom. The fraction of sp³-hybridized carbons (Fsp3) is 0.226. The minimum Gasteiger partial charge on any atom is -0.479 e. The van der Waals surface area contributed by atoms with Gasteiger partial charge in [-0.3, -0.25) is 14.8 Å². The van der Waals surface area contributed by atoms with Gasteiger partial charge < -0.3 is 31.1 Å². The van der Waals surface area contributed by atoms with E-state index in [4.69, 9.17) is 55.9 Å². The fourth-order valence-corrected chi connectivity index (χ4v) is 4.65. The molecule has 1 amide bonds. The van der Waals surface area contributed by atoms with E-state index in [2.05, 4.69) is 30.0 Å². The van der Waals surface area contributed by atoms with Gasteiger partial charge in [0.15, 0.2) is 12.4 Å². The minimum atomic E-state index is -1.25. The van der Waals surface area contributed by atoms with Gasteiger partial charge in [0.1, 0.15) is 26.8 Å². The van der Waals surface area contributed by atoms with Crippen molar-refractivity contribution in [2.45, 2.75) is 33.2 Å². The fourth-order valence-electron chi connectivity index (χ4n) is 4.04. The van der Waals surface area contributed by atoms with Gasteiger partial charge in [-0.15, -0.1) is 0 Å². The highest BCUT2D eigenvalue weighted by molar-refractivity contribution is 6.39. The van der Waals surface area contributed by atoms with E-state index < -0.39 is 46.9 Å². The summed E-state index contributed by atoms with van der Waals surface area (Å²) in [5.41, 5.74) is 5.88. The maximum absolute atomic E-state index is 12.9. The van der Waals surface area contributed by atoms with E-state index in [0.717, 1.165) is 10.9 Å². The molecular weight excluding hydrogens is 710 g/mol. The highest BCUT2D eigenvalue weighted by atomic mass is 35.5. The molecule has 0 spiro atoms. The third-order valence-corrected chi connectivity index (χ3v) is 7.99.